The van der Waals surface area contributed by atoms with Gasteiger partial charge in [-0.05, 0) is 66.4 Å². The fourth-order valence-corrected chi connectivity index (χ4v) is 4.72. The number of carbonyl (C=O) groups is 2. The van der Waals surface area contributed by atoms with Crippen LogP contribution in [0.4, 0.5) is 10.1 Å². The van der Waals surface area contributed by atoms with Gasteiger partial charge in [0.2, 0.25) is 11.8 Å². The molecule has 1 aromatic heterocycles. The molecule has 0 saturated heterocycles. The molecule has 0 spiro atoms. The Labute approximate surface area is 226 Å². The van der Waals surface area contributed by atoms with Gasteiger partial charge >= 0.3 is 0 Å². The summed E-state index contributed by atoms with van der Waals surface area (Å²) in [4.78, 5) is 31.8. The SMILES string of the molecule is Cc1ccc(NC(=O)c2coc(COc3ccc4c(c3)[C@@H](c3ccc(F)cc3)N(C(=O)C(C)C)CC4)n2)cc1. The van der Waals surface area contributed by atoms with Crippen molar-refractivity contribution in [1.29, 1.82) is 0 Å². The summed E-state index contributed by atoms with van der Waals surface area (Å²) in [5.74, 6) is -0.00271. The van der Waals surface area contributed by atoms with Crippen molar-refractivity contribution < 1.29 is 23.1 Å². The molecule has 3 aromatic carbocycles. The van der Waals surface area contributed by atoms with Crippen LogP contribution in [0.3, 0.4) is 0 Å². The topological polar surface area (TPSA) is 84.7 Å². The third kappa shape index (κ3) is 5.85. The summed E-state index contributed by atoms with van der Waals surface area (Å²) < 4.78 is 25.1. The lowest BCUT2D eigenvalue weighted by Gasteiger charge is -2.39. The first-order valence-electron chi connectivity index (χ1n) is 12.9. The molecule has 39 heavy (non-hydrogen) atoms. The number of halogens is 1. The average molecular weight is 528 g/mol. The summed E-state index contributed by atoms with van der Waals surface area (Å²) in [6, 6.07) is 19.2. The van der Waals surface area contributed by atoms with Crippen LogP contribution in [0.25, 0.3) is 0 Å². The third-order valence-corrected chi connectivity index (χ3v) is 6.76. The lowest BCUT2D eigenvalue weighted by Crippen LogP contribution is -2.42. The van der Waals surface area contributed by atoms with E-state index in [-0.39, 0.29) is 47.8 Å². The van der Waals surface area contributed by atoms with Crippen LogP contribution in [0.2, 0.25) is 0 Å². The predicted molar refractivity (Wildman–Crippen MR) is 145 cm³/mol. The van der Waals surface area contributed by atoms with Crippen LogP contribution in [0.1, 0.15) is 58.5 Å². The largest absolute Gasteiger partial charge is 0.484 e. The van der Waals surface area contributed by atoms with Crippen LogP contribution in [-0.4, -0.2) is 28.2 Å². The molecule has 1 atom stereocenters. The van der Waals surface area contributed by atoms with Gasteiger partial charge in [-0.3, -0.25) is 9.59 Å². The Bertz CT molecular complexity index is 1480. The molecule has 7 nitrogen and oxygen atoms in total. The number of anilines is 1. The lowest BCUT2D eigenvalue weighted by atomic mass is 9.87. The molecule has 2 heterocycles. The number of nitrogens with zero attached hydrogens (tertiary/aromatic N) is 2. The number of aromatic nitrogens is 1. The zero-order valence-electron chi connectivity index (χ0n) is 22.1. The number of aryl methyl sites for hydroxylation is 1. The molecule has 0 radical (unpaired) electrons. The second-order valence-electron chi connectivity index (χ2n) is 9.99. The summed E-state index contributed by atoms with van der Waals surface area (Å²) in [5.41, 5.74) is 4.79. The van der Waals surface area contributed by atoms with Crippen molar-refractivity contribution in [3.63, 3.8) is 0 Å². The molecule has 5 rings (SSSR count). The van der Waals surface area contributed by atoms with Gasteiger partial charge in [-0.1, -0.05) is 49.7 Å². The van der Waals surface area contributed by atoms with Crippen molar-refractivity contribution in [2.75, 3.05) is 11.9 Å². The number of ether oxygens (including phenoxy) is 1. The van der Waals surface area contributed by atoms with Crippen molar-refractivity contribution in [3.8, 4) is 5.75 Å². The molecular formula is C31H30FN3O4. The van der Waals surface area contributed by atoms with E-state index in [1.807, 2.05) is 68.1 Å². The fraction of sp³-hybridized carbons (Fsp3) is 0.258. The smallest absolute Gasteiger partial charge is 0.277 e. The van der Waals surface area contributed by atoms with Gasteiger partial charge in [0, 0.05) is 18.2 Å². The Balaban J connectivity index is 1.33. The van der Waals surface area contributed by atoms with Gasteiger partial charge < -0.3 is 19.4 Å². The minimum atomic E-state index is -0.375. The van der Waals surface area contributed by atoms with Crippen molar-refractivity contribution in [2.45, 2.75) is 39.8 Å². The van der Waals surface area contributed by atoms with Crippen LogP contribution >= 0.6 is 0 Å². The summed E-state index contributed by atoms with van der Waals surface area (Å²) in [6.07, 6.45) is 2.01. The molecule has 2 amide bonds. The monoisotopic (exact) mass is 527 g/mol. The minimum Gasteiger partial charge on any atom is -0.484 e. The zero-order valence-corrected chi connectivity index (χ0v) is 22.1. The molecule has 200 valence electrons. The first-order chi connectivity index (χ1) is 18.8. The maximum Gasteiger partial charge on any atom is 0.277 e. The number of hydrogen-bond acceptors (Lipinski definition) is 5. The highest BCUT2D eigenvalue weighted by Crippen LogP contribution is 2.38. The Morgan fingerprint density at radius 1 is 1.10 bits per heavy atom. The standard InChI is InChI=1S/C31H30FN3O4/c1-19(2)31(37)35-15-14-21-8-13-25(16-26(21)29(35)22-6-9-23(32)10-7-22)38-18-28-34-27(17-39-28)30(36)33-24-11-4-20(3)5-12-24/h4-13,16-17,19,29H,14-15,18H2,1-3H3,(H,33,36)/t29-/m1/s1. The van der Waals surface area contributed by atoms with E-state index in [0.717, 1.165) is 22.3 Å². The third-order valence-electron chi connectivity index (χ3n) is 6.76. The van der Waals surface area contributed by atoms with Crippen LogP contribution in [0.15, 0.2) is 77.4 Å². The molecule has 4 aromatic rings. The molecule has 0 saturated carbocycles. The Kier molecular flexibility index (Phi) is 7.45. The van der Waals surface area contributed by atoms with E-state index < -0.39 is 0 Å². The van der Waals surface area contributed by atoms with E-state index in [0.29, 0.717) is 24.4 Å². The number of oxazole rings is 1. The van der Waals surface area contributed by atoms with Crippen LogP contribution < -0.4 is 10.1 Å². The summed E-state index contributed by atoms with van der Waals surface area (Å²) in [6.45, 7) is 6.33. The number of amides is 2. The number of fused-ring (bicyclic) bond motifs is 1. The molecule has 1 aliphatic rings. The molecule has 1 N–H and O–H groups in total. The normalized spacial score (nSPS) is 14.7. The highest BCUT2D eigenvalue weighted by Gasteiger charge is 2.33. The van der Waals surface area contributed by atoms with E-state index in [2.05, 4.69) is 10.3 Å². The summed E-state index contributed by atoms with van der Waals surface area (Å²) >= 11 is 0. The zero-order chi connectivity index (χ0) is 27.5. The van der Waals surface area contributed by atoms with Crippen molar-refractivity contribution in [2.24, 2.45) is 5.92 Å². The number of rotatable bonds is 7. The van der Waals surface area contributed by atoms with Crippen molar-refractivity contribution in [1.82, 2.24) is 9.88 Å². The quantitative estimate of drug-likeness (QED) is 0.315. The number of carbonyl (C=O) groups excluding carboxylic acids is 2. The second-order valence-corrected chi connectivity index (χ2v) is 9.99. The first-order valence-corrected chi connectivity index (χ1v) is 12.9. The molecule has 0 aliphatic carbocycles. The maximum atomic E-state index is 13.7. The van der Waals surface area contributed by atoms with Gasteiger partial charge in [-0.25, -0.2) is 9.37 Å². The number of hydrogen-bond donors (Lipinski definition) is 1. The van der Waals surface area contributed by atoms with E-state index in [1.165, 1.54) is 18.4 Å². The fourth-order valence-electron chi connectivity index (χ4n) is 4.72. The minimum absolute atomic E-state index is 0.0203. The predicted octanol–water partition coefficient (Wildman–Crippen LogP) is 6.08. The van der Waals surface area contributed by atoms with E-state index in [4.69, 9.17) is 9.15 Å². The summed E-state index contributed by atoms with van der Waals surface area (Å²) in [7, 11) is 0. The Morgan fingerprint density at radius 2 is 1.85 bits per heavy atom. The van der Waals surface area contributed by atoms with Crippen molar-refractivity contribution >= 4 is 17.5 Å². The molecule has 0 unspecified atom stereocenters. The van der Waals surface area contributed by atoms with Crippen LogP contribution in [0.5, 0.6) is 5.75 Å². The Morgan fingerprint density at radius 3 is 2.56 bits per heavy atom. The van der Waals surface area contributed by atoms with Gasteiger partial charge in [0.1, 0.15) is 17.8 Å². The molecular weight excluding hydrogens is 497 g/mol. The van der Waals surface area contributed by atoms with Gasteiger partial charge in [0.25, 0.3) is 5.91 Å². The first kappa shape index (κ1) is 26.2. The summed E-state index contributed by atoms with van der Waals surface area (Å²) in [5, 5.41) is 2.79. The van der Waals surface area contributed by atoms with E-state index in [9.17, 15) is 14.0 Å². The molecule has 1 aliphatic heterocycles. The van der Waals surface area contributed by atoms with Gasteiger partial charge in [0.05, 0.1) is 6.04 Å². The molecule has 8 heteroatoms. The van der Waals surface area contributed by atoms with E-state index >= 15 is 0 Å². The maximum absolute atomic E-state index is 13.7. The van der Waals surface area contributed by atoms with Gasteiger partial charge in [0.15, 0.2) is 12.3 Å². The second kappa shape index (κ2) is 11.1. The number of benzene rings is 3. The van der Waals surface area contributed by atoms with Gasteiger partial charge in [-0.15, -0.1) is 0 Å². The lowest BCUT2D eigenvalue weighted by molar-refractivity contribution is -0.136. The van der Waals surface area contributed by atoms with Crippen LogP contribution in [-0.2, 0) is 17.8 Å². The Hall–Kier alpha value is -4.46. The van der Waals surface area contributed by atoms with Crippen LogP contribution in [0, 0.1) is 18.7 Å². The highest BCUT2D eigenvalue weighted by molar-refractivity contribution is 6.02. The van der Waals surface area contributed by atoms with E-state index in [1.54, 1.807) is 12.1 Å². The average Bonchev–Trinajstić information content (AvgIpc) is 3.42. The number of nitrogens with one attached hydrogen (secondary N) is 1. The highest BCUT2D eigenvalue weighted by atomic mass is 19.1. The molecule has 0 bridgehead atoms. The van der Waals surface area contributed by atoms with Crippen molar-refractivity contribution in [3.05, 3.63) is 113 Å². The molecule has 0 fully saturated rings. The van der Waals surface area contributed by atoms with Gasteiger partial charge in [-0.2, -0.15) is 0 Å².